The van der Waals surface area contributed by atoms with Crippen LogP contribution < -0.4 is 9.47 Å². The molecule has 3 rings (SSSR count). The third-order valence-corrected chi connectivity index (χ3v) is 3.92. The van der Waals surface area contributed by atoms with Crippen LogP contribution in [0.1, 0.15) is 12.5 Å². The molecule has 118 valence electrons. The van der Waals surface area contributed by atoms with E-state index in [1.54, 1.807) is 7.11 Å². The topological polar surface area (TPSA) is 38.7 Å². The van der Waals surface area contributed by atoms with E-state index in [0.29, 0.717) is 12.4 Å². The van der Waals surface area contributed by atoms with Crippen molar-refractivity contribution in [1.29, 1.82) is 0 Å². The zero-order chi connectivity index (χ0) is 16.4. The molecule has 0 amide bonds. The Balaban J connectivity index is 2.28. The number of aryl methyl sites for hydroxylation is 1. The van der Waals surface area contributed by atoms with E-state index < -0.39 is 0 Å². The van der Waals surface area contributed by atoms with Crippen molar-refractivity contribution in [3.63, 3.8) is 0 Å². The van der Waals surface area contributed by atoms with Gasteiger partial charge in [-0.1, -0.05) is 29.8 Å². The molecule has 0 aromatic heterocycles. The Kier molecular flexibility index (Phi) is 4.11. The first-order chi connectivity index (χ1) is 11.1. The first kappa shape index (κ1) is 15.2. The summed E-state index contributed by atoms with van der Waals surface area (Å²) in [6, 6.07) is 15.6. The molecule has 0 fully saturated rings. The summed E-state index contributed by atoms with van der Waals surface area (Å²) in [4.78, 5) is 0. The van der Waals surface area contributed by atoms with Crippen LogP contribution in [0.4, 0.5) is 0 Å². The van der Waals surface area contributed by atoms with Crippen LogP contribution in [-0.4, -0.2) is 18.8 Å². The number of hydrogen-bond donors (Lipinski definition) is 1. The third-order valence-electron chi connectivity index (χ3n) is 3.92. The fraction of sp³-hybridized carbons (Fsp3) is 0.200. The van der Waals surface area contributed by atoms with E-state index in [9.17, 15) is 5.11 Å². The second-order valence-corrected chi connectivity index (χ2v) is 5.48. The molecule has 0 heterocycles. The van der Waals surface area contributed by atoms with Gasteiger partial charge in [0.15, 0.2) is 0 Å². The average Bonchev–Trinajstić information content (AvgIpc) is 2.56. The Morgan fingerprint density at radius 2 is 1.74 bits per heavy atom. The maximum Gasteiger partial charge on any atom is 0.134 e. The highest BCUT2D eigenvalue weighted by Crippen LogP contribution is 2.44. The SMILES string of the molecule is CCOc1cc2cc(OC)ccc2c(O)c1-c1ccc(C)cc1. The van der Waals surface area contributed by atoms with E-state index in [4.69, 9.17) is 9.47 Å². The van der Waals surface area contributed by atoms with Crippen LogP contribution in [0.2, 0.25) is 0 Å². The zero-order valence-corrected chi connectivity index (χ0v) is 13.6. The fourth-order valence-corrected chi connectivity index (χ4v) is 2.74. The summed E-state index contributed by atoms with van der Waals surface area (Å²) in [6.07, 6.45) is 0. The van der Waals surface area contributed by atoms with Crippen LogP contribution in [0, 0.1) is 6.92 Å². The van der Waals surface area contributed by atoms with E-state index in [0.717, 1.165) is 27.6 Å². The van der Waals surface area contributed by atoms with Gasteiger partial charge in [-0.05, 0) is 49.1 Å². The maximum absolute atomic E-state index is 10.8. The lowest BCUT2D eigenvalue weighted by Gasteiger charge is -2.15. The highest BCUT2D eigenvalue weighted by Gasteiger charge is 2.16. The van der Waals surface area contributed by atoms with Gasteiger partial charge in [-0.2, -0.15) is 0 Å². The molecule has 0 spiro atoms. The molecule has 0 saturated heterocycles. The molecule has 0 saturated carbocycles. The van der Waals surface area contributed by atoms with Crippen molar-refractivity contribution in [2.24, 2.45) is 0 Å². The van der Waals surface area contributed by atoms with E-state index in [2.05, 4.69) is 0 Å². The minimum atomic E-state index is 0.234. The first-order valence-electron chi connectivity index (χ1n) is 7.67. The van der Waals surface area contributed by atoms with Crippen LogP contribution in [0.25, 0.3) is 21.9 Å². The molecular weight excluding hydrogens is 288 g/mol. The average molecular weight is 308 g/mol. The highest BCUT2D eigenvalue weighted by atomic mass is 16.5. The fourth-order valence-electron chi connectivity index (χ4n) is 2.74. The monoisotopic (exact) mass is 308 g/mol. The third kappa shape index (κ3) is 2.82. The molecule has 3 aromatic carbocycles. The predicted octanol–water partition coefficient (Wildman–Crippen LogP) is 4.93. The van der Waals surface area contributed by atoms with Gasteiger partial charge >= 0.3 is 0 Å². The van der Waals surface area contributed by atoms with Gasteiger partial charge in [-0.25, -0.2) is 0 Å². The molecule has 0 aliphatic heterocycles. The van der Waals surface area contributed by atoms with Crippen LogP contribution in [-0.2, 0) is 0 Å². The zero-order valence-electron chi connectivity index (χ0n) is 13.6. The number of aromatic hydroxyl groups is 1. The number of fused-ring (bicyclic) bond motifs is 1. The van der Waals surface area contributed by atoms with E-state index in [-0.39, 0.29) is 5.75 Å². The van der Waals surface area contributed by atoms with Gasteiger partial charge in [-0.15, -0.1) is 0 Å². The molecule has 0 radical (unpaired) electrons. The molecule has 1 N–H and O–H groups in total. The smallest absolute Gasteiger partial charge is 0.134 e. The normalized spacial score (nSPS) is 10.7. The molecule has 23 heavy (non-hydrogen) atoms. The summed E-state index contributed by atoms with van der Waals surface area (Å²) < 4.78 is 11.1. The molecule has 3 heteroatoms. The Hall–Kier alpha value is -2.68. The van der Waals surface area contributed by atoms with Gasteiger partial charge in [0.2, 0.25) is 0 Å². The summed E-state index contributed by atoms with van der Waals surface area (Å²) in [7, 11) is 1.63. The number of phenols is 1. The van der Waals surface area contributed by atoms with Crippen molar-refractivity contribution in [3.8, 4) is 28.4 Å². The van der Waals surface area contributed by atoms with Crippen LogP contribution in [0.5, 0.6) is 17.2 Å². The van der Waals surface area contributed by atoms with Crippen molar-refractivity contribution in [1.82, 2.24) is 0 Å². The Morgan fingerprint density at radius 1 is 1.00 bits per heavy atom. The minimum Gasteiger partial charge on any atom is -0.507 e. The standard InChI is InChI=1S/C20H20O3/c1-4-23-18-12-15-11-16(22-3)9-10-17(15)20(21)19(18)14-7-5-13(2)6-8-14/h5-12,21H,4H2,1-3H3. The van der Waals surface area contributed by atoms with Crippen molar-refractivity contribution >= 4 is 10.8 Å². The van der Waals surface area contributed by atoms with E-state index in [1.165, 1.54) is 5.56 Å². The minimum absolute atomic E-state index is 0.234. The molecule has 3 aromatic rings. The molecular formula is C20H20O3. The van der Waals surface area contributed by atoms with Crippen molar-refractivity contribution in [3.05, 3.63) is 54.1 Å². The number of phenolic OH excluding ortho intramolecular Hbond substituents is 1. The molecule has 0 aliphatic carbocycles. The van der Waals surface area contributed by atoms with Gasteiger partial charge in [-0.3, -0.25) is 0 Å². The van der Waals surface area contributed by atoms with E-state index >= 15 is 0 Å². The lowest BCUT2D eigenvalue weighted by Crippen LogP contribution is -1.95. The van der Waals surface area contributed by atoms with Gasteiger partial charge < -0.3 is 14.6 Å². The first-order valence-corrected chi connectivity index (χ1v) is 7.67. The molecule has 0 unspecified atom stereocenters. The number of hydrogen-bond acceptors (Lipinski definition) is 3. The lowest BCUT2D eigenvalue weighted by atomic mass is 9.97. The van der Waals surface area contributed by atoms with E-state index in [1.807, 2.05) is 62.4 Å². The van der Waals surface area contributed by atoms with Gasteiger partial charge in [0.05, 0.1) is 19.3 Å². The predicted molar refractivity (Wildman–Crippen MR) is 93.5 cm³/mol. The summed E-state index contributed by atoms with van der Waals surface area (Å²) in [5, 5.41) is 12.5. The Bertz CT molecular complexity index is 836. The Labute approximate surface area is 136 Å². The quantitative estimate of drug-likeness (QED) is 0.743. The number of rotatable bonds is 4. The molecule has 0 bridgehead atoms. The second kappa shape index (κ2) is 6.21. The number of methoxy groups -OCH3 is 1. The van der Waals surface area contributed by atoms with Crippen molar-refractivity contribution in [2.45, 2.75) is 13.8 Å². The van der Waals surface area contributed by atoms with Crippen molar-refractivity contribution < 1.29 is 14.6 Å². The van der Waals surface area contributed by atoms with Crippen LogP contribution in [0.3, 0.4) is 0 Å². The van der Waals surface area contributed by atoms with Crippen LogP contribution >= 0.6 is 0 Å². The largest absolute Gasteiger partial charge is 0.507 e. The van der Waals surface area contributed by atoms with Crippen LogP contribution in [0.15, 0.2) is 48.5 Å². The molecule has 0 atom stereocenters. The maximum atomic E-state index is 10.8. The number of ether oxygens (including phenoxy) is 2. The van der Waals surface area contributed by atoms with Gasteiger partial charge in [0, 0.05) is 5.39 Å². The second-order valence-electron chi connectivity index (χ2n) is 5.48. The lowest BCUT2D eigenvalue weighted by molar-refractivity contribution is 0.340. The highest BCUT2D eigenvalue weighted by molar-refractivity contribution is 5.98. The Morgan fingerprint density at radius 3 is 2.39 bits per heavy atom. The summed E-state index contributed by atoms with van der Waals surface area (Å²) in [5.41, 5.74) is 2.84. The summed E-state index contributed by atoms with van der Waals surface area (Å²) >= 11 is 0. The van der Waals surface area contributed by atoms with Gasteiger partial charge in [0.25, 0.3) is 0 Å². The molecule has 3 nitrogen and oxygen atoms in total. The number of benzene rings is 3. The summed E-state index contributed by atoms with van der Waals surface area (Å²) in [6.45, 7) is 4.51. The summed E-state index contributed by atoms with van der Waals surface area (Å²) in [5.74, 6) is 1.66. The van der Waals surface area contributed by atoms with Crippen molar-refractivity contribution in [2.75, 3.05) is 13.7 Å². The molecule has 0 aliphatic rings. The van der Waals surface area contributed by atoms with Gasteiger partial charge in [0.1, 0.15) is 17.2 Å².